The maximum absolute atomic E-state index is 12.8. The third kappa shape index (κ3) is 3.31. The van der Waals surface area contributed by atoms with Crippen LogP contribution in [0.15, 0.2) is 18.2 Å². The lowest BCUT2D eigenvalue weighted by Crippen LogP contribution is -2.47. The Balaban J connectivity index is 0.00000176. The quantitative estimate of drug-likeness (QED) is 0.860. The third-order valence-corrected chi connectivity index (χ3v) is 5.47. The fourth-order valence-corrected chi connectivity index (χ4v) is 3.95. The number of carbonyl (C=O) groups excluding carboxylic acids is 1. The number of nitrogens with zero attached hydrogens (tertiary/aromatic N) is 1. The lowest BCUT2D eigenvalue weighted by Gasteiger charge is -2.44. The highest BCUT2D eigenvalue weighted by atomic mass is 35.5. The summed E-state index contributed by atoms with van der Waals surface area (Å²) in [4.78, 5) is 14.9. The van der Waals surface area contributed by atoms with Crippen LogP contribution in [-0.2, 0) is 0 Å². The van der Waals surface area contributed by atoms with Gasteiger partial charge in [-0.05, 0) is 69.2 Å². The van der Waals surface area contributed by atoms with E-state index in [4.69, 9.17) is 0 Å². The standard InChI is InChI=1S/C18H26N2O.ClH/c1-14-4-3-5-15(2)16(14)17(21)20-12-8-18(9-13-20)6-10-19-11-7-18;/h3-5,19H,6-13H2,1-2H3;1H. The molecule has 1 amide bonds. The summed E-state index contributed by atoms with van der Waals surface area (Å²) < 4.78 is 0. The molecule has 2 fully saturated rings. The van der Waals surface area contributed by atoms with E-state index in [1.165, 1.54) is 25.7 Å². The maximum atomic E-state index is 12.8. The van der Waals surface area contributed by atoms with Crippen LogP contribution in [-0.4, -0.2) is 37.0 Å². The first-order valence-electron chi connectivity index (χ1n) is 8.18. The van der Waals surface area contributed by atoms with E-state index in [1.54, 1.807) is 0 Å². The Morgan fingerprint density at radius 1 is 1.05 bits per heavy atom. The van der Waals surface area contributed by atoms with Gasteiger partial charge in [-0.1, -0.05) is 18.2 Å². The van der Waals surface area contributed by atoms with Gasteiger partial charge in [0.1, 0.15) is 0 Å². The van der Waals surface area contributed by atoms with Crippen molar-refractivity contribution in [2.75, 3.05) is 26.2 Å². The molecule has 122 valence electrons. The van der Waals surface area contributed by atoms with E-state index in [2.05, 4.69) is 10.2 Å². The van der Waals surface area contributed by atoms with Crippen LogP contribution in [0.2, 0.25) is 0 Å². The molecule has 0 radical (unpaired) electrons. The number of hydrogen-bond acceptors (Lipinski definition) is 2. The molecule has 1 N–H and O–H groups in total. The van der Waals surface area contributed by atoms with E-state index in [1.807, 2.05) is 32.0 Å². The summed E-state index contributed by atoms with van der Waals surface area (Å²) in [6.45, 7) is 8.21. The minimum Gasteiger partial charge on any atom is -0.339 e. The Morgan fingerprint density at radius 2 is 1.59 bits per heavy atom. The van der Waals surface area contributed by atoms with Gasteiger partial charge in [-0.2, -0.15) is 0 Å². The summed E-state index contributed by atoms with van der Waals surface area (Å²) in [5, 5.41) is 3.45. The van der Waals surface area contributed by atoms with Crippen LogP contribution < -0.4 is 5.32 Å². The lowest BCUT2D eigenvalue weighted by molar-refractivity contribution is 0.0494. The first kappa shape index (κ1) is 17.3. The van der Waals surface area contributed by atoms with Crippen molar-refractivity contribution in [2.45, 2.75) is 39.5 Å². The lowest BCUT2D eigenvalue weighted by atomic mass is 9.71. The number of aryl methyl sites for hydroxylation is 2. The Hall–Kier alpha value is -1.06. The molecular formula is C18H27ClN2O. The largest absolute Gasteiger partial charge is 0.339 e. The highest BCUT2D eigenvalue weighted by Gasteiger charge is 2.37. The van der Waals surface area contributed by atoms with Crippen molar-refractivity contribution in [3.05, 3.63) is 34.9 Å². The molecule has 3 nitrogen and oxygen atoms in total. The number of benzene rings is 1. The summed E-state index contributed by atoms with van der Waals surface area (Å²) in [6.07, 6.45) is 4.90. The molecule has 0 unspecified atom stereocenters. The predicted molar refractivity (Wildman–Crippen MR) is 92.8 cm³/mol. The predicted octanol–water partition coefficient (Wildman–Crippen LogP) is 3.33. The van der Waals surface area contributed by atoms with Crippen molar-refractivity contribution < 1.29 is 4.79 Å². The van der Waals surface area contributed by atoms with Crippen LogP contribution in [0, 0.1) is 19.3 Å². The van der Waals surface area contributed by atoms with Crippen LogP contribution in [0.5, 0.6) is 0 Å². The Labute approximate surface area is 139 Å². The van der Waals surface area contributed by atoms with Gasteiger partial charge in [0.25, 0.3) is 5.91 Å². The highest BCUT2D eigenvalue weighted by Crippen LogP contribution is 2.39. The molecule has 0 aliphatic carbocycles. The highest BCUT2D eigenvalue weighted by molar-refractivity contribution is 5.97. The van der Waals surface area contributed by atoms with Crippen LogP contribution in [0.3, 0.4) is 0 Å². The fraction of sp³-hybridized carbons (Fsp3) is 0.611. The van der Waals surface area contributed by atoms with E-state index in [9.17, 15) is 4.79 Å². The van der Waals surface area contributed by atoms with Crippen molar-refractivity contribution in [3.8, 4) is 0 Å². The molecular weight excluding hydrogens is 296 g/mol. The van der Waals surface area contributed by atoms with Crippen molar-refractivity contribution in [3.63, 3.8) is 0 Å². The zero-order valence-corrected chi connectivity index (χ0v) is 14.5. The number of carbonyl (C=O) groups is 1. The second kappa shape index (κ2) is 7.01. The van der Waals surface area contributed by atoms with Crippen LogP contribution >= 0.6 is 12.4 Å². The molecule has 0 saturated carbocycles. The summed E-state index contributed by atoms with van der Waals surface area (Å²) >= 11 is 0. The first-order chi connectivity index (χ1) is 10.1. The Morgan fingerprint density at radius 3 is 2.14 bits per heavy atom. The zero-order chi connectivity index (χ0) is 14.9. The first-order valence-corrected chi connectivity index (χ1v) is 8.18. The number of hydrogen-bond donors (Lipinski definition) is 1. The van der Waals surface area contributed by atoms with Gasteiger partial charge in [0, 0.05) is 18.7 Å². The van der Waals surface area contributed by atoms with Crippen LogP contribution in [0.4, 0.5) is 0 Å². The van der Waals surface area contributed by atoms with E-state index >= 15 is 0 Å². The average Bonchev–Trinajstić information content (AvgIpc) is 2.48. The van der Waals surface area contributed by atoms with E-state index in [-0.39, 0.29) is 18.3 Å². The van der Waals surface area contributed by atoms with Gasteiger partial charge in [0.15, 0.2) is 0 Å². The van der Waals surface area contributed by atoms with Gasteiger partial charge < -0.3 is 10.2 Å². The smallest absolute Gasteiger partial charge is 0.254 e. The molecule has 0 aromatic heterocycles. The summed E-state index contributed by atoms with van der Waals surface area (Å²) in [5.41, 5.74) is 3.62. The number of piperidine rings is 2. The van der Waals surface area contributed by atoms with Gasteiger partial charge in [0.05, 0.1) is 0 Å². The number of rotatable bonds is 1. The van der Waals surface area contributed by atoms with Gasteiger partial charge in [-0.15, -0.1) is 12.4 Å². The molecule has 1 spiro atoms. The third-order valence-electron chi connectivity index (χ3n) is 5.47. The number of likely N-dealkylation sites (tertiary alicyclic amines) is 1. The van der Waals surface area contributed by atoms with Gasteiger partial charge in [-0.3, -0.25) is 4.79 Å². The van der Waals surface area contributed by atoms with Crippen LogP contribution in [0.25, 0.3) is 0 Å². The normalized spacial score (nSPS) is 20.5. The second-order valence-electron chi connectivity index (χ2n) is 6.81. The topological polar surface area (TPSA) is 32.3 Å². The molecule has 0 bridgehead atoms. The fourth-order valence-electron chi connectivity index (χ4n) is 3.95. The van der Waals surface area contributed by atoms with Crippen molar-refractivity contribution in [2.24, 2.45) is 5.41 Å². The van der Waals surface area contributed by atoms with E-state index in [0.29, 0.717) is 5.41 Å². The monoisotopic (exact) mass is 322 g/mol. The molecule has 2 aliphatic heterocycles. The number of halogens is 1. The molecule has 0 atom stereocenters. The summed E-state index contributed by atoms with van der Waals surface area (Å²) in [6, 6.07) is 6.11. The Bertz CT molecular complexity index is 508. The zero-order valence-electron chi connectivity index (χ0n) is 13.7. The van der Waals surface area contributed by atoms with E-state index < -0.39 is 0 Å². The van der Waals surface area contributed by atoms with Crippen molar-refractivity contribution in [1.82, 2.24) is 10.2 Å². The van der Waals surface area contributed by atoms with Crippen LogP contribution in [0.1, 0.15) is 47.2 Å². The van der Waals surface area contributed by atoms with E-state index in [0.717, 1.165) is 42.9 Å². The molecule has 1 aromatic carbocycles. The SMILES string of the molecule is Cc1cccc(C)c1C(=O)N1CCC2(CCNCC2)CC1.Cl. The molecule has 22 heavy (non-hydrogen) atoms. The number of amides is 1. The molecule has 2 aliphatic rings. The Kier molecular flexibility index (Phi) is 5.51. The maximum Gasteiger partial charge on any atom is 0.254 e. The minimum atomic E-state index is 0. The average molecular weight is 323 g/mol. The van der Waals surface area contributed by atoms with Gasteiger partial charge in [0.2, 0.25) is 0 Å². The molecule has 4 heteroatoms. The van der Waals surface area contributed by atoms with Gasteiger partial charge in [-0.25, -0.2) is 0 Å². The van der Waals surface area contributed by atoms with Gasteiger partial charge >= 0.3 is 0 Å². The summed E-state index contributed by atoms with van der Waals surface area (Å²) in [7, 11) is 0. The summed E-state index contributed by atoms with van der Waals surface area (Å²) in [5.74, 6) is 0.231. The second-order valence-corrected chi connectivity index (χ2v) is 6.81. The molecule has 2 heterocycles. The van der Waals surface area contributed by atoms with Crippen molar-refractivity contribution in [1.29, 1.82) is 0 Å². The molecule has 3 rings (SSSR count). The number of nitrogens with one attached hydrogen (secondary N) is 1. The minimum absolute atomic E-state index is 0. The molecule has 1 aromatic rings. The molecule has 2 saturated heterocycles. The van der Waals surface area contributed by atoms with Crippen molar-refractivity contribution >= 4 is 18.3 Å².